The fourth-order valence-corrected chi connectivity index (χ4v) is 3.77. The standard InChI is InChI=1S/C17H20BrN3O3.ClH/c18-11-5-6-13-14(9-11)17(24)21(16(13)23)8-2-4-15(22)20-7-1-3-12(20)10-19;/h5-6,9,12H,1-4,7-8,10,19H2;1H. The lowest BCUT2D eigenvalue weighted by Gasteiger charge is -2.23. The third kappa shape index (κ3) is 3.88. The summed E-state index contributed by atoms with van der Waals surface area (Å²) in [5.74, 6) is -0.511. The second kappa shape index (κ2) is 8.29. The van der Waals surface area contributed by atoms with Crippen molar-refractivity contribution in [2.24, 2.45) is 5.73 Å². The highest BCUT2D eigenvalue weighted by atomic mass is 79.9. The Kier molecular flexibility index (Phi) is 6.59. The number of nitrogens with two attached hydrogens (primary N) is 1. The Labute approximate surface area is 161 Å². The SMILES string of the molecule is Cl.NCC1CCCN1C(=O)CCCN1C(=O)c2ccc(Br)cc2C1=O. The molecule has 0 aromatic heterocycles. The molecule has 8 heteroatoms. The summed E-state index contributed by atoms with van der Waals surface area (Å²) in [5, 5.41) is 0. The number of amides is 3. The summed E-state index contributed by atoms with van der Waals surface area (Å²) in [5.41, 5.74) is 6.54. The van der Waals surface area contributed by atoms with Gasteiger partial charge in [0.25, 0.3) is 11.8 Å². The van der Waals surface area contributed by atoms with E-state index in [0.717, 1.165) is 23.9 Å². The van der Waals surface area contributed by atoms with Crippen molar-refractivity contribution in [2.75, 3.05) is 19.6 Å². The van der Waals surface area contributed by atoms with Gasteiger partial charge in [-0.05, 0) is 37.5 Å². The first-order valence-electron chi connectivity index (χ1n) is 8.18. The Morgan fingerprint density at radius 1 is 1.24 bits per heavy atom. The van der Waals surface area contributed by atoms with Gasteiger partial charge in [0.2, 0.25) is 5.91 Å². The number of halogens is 2. The number of carbonyl (C=O) groups excluding carboxylic acids is 3. The van der Waals surface area contributed by atoms with Crippen molar-refractivity contribution in [3.8, 4) is 0 Å². The number of nitrogens with zero attached hydrogens (tertiary/aromatic N) is 2. The van der Waals surface area contributed by atoms with Crippen LogP contribution in [0.5, 0.6) is 0 Å². The number of hydrogen-bond donors (Lipinski definition) is 1. The summed E-state index contributed by atoms with van der Waals surface area (Å²) >= 11 is 3.31. The molecule has 0 saturated carbocycles. The summed E-state index contributed by atoms with van der Waals surface area (Å²) in [6.45, 7) is 1.50. The Morgan fingerprint density at radius 2 is 1.96 bits per heavy atom. The fraction of sp³-hybridized carbons (Fsp3) is 0.471. The second-order valence-corrected chi connectivity index (χ2v) is 7.09. The zero-order valence-corrected chi connectivity index (χ0v) is 16.1. The summed E-state index contributed by atoms with van der Waals surface area (Å²) in [6.07, 6.45) is 2.74. The molecule has 1 saturated heterocycles. The average molecular weight is 431 g/mol. The molecule has 0 radical (unpaired) electrons. The lowest BCUT2D eigenvalue weighted by atomic mass is 10.1. The van der Waals surface area contributed by atoms with Gasteiger partial charge in [0.1, 0.15) is 0 Å². The normalized spacial score (nSPS) is 19.2. The molecule has 0 aliphatic carbocycles. The molecule has 136 valence electrons. The number of rotatable bonds is 5. The second-order valence-electron chi connectivity index (χ2n) is 6.17. The lowest BCUT2D eigenvalue weighted by molar-refractivity contribution is -0.132. The van der Waals surface area contributed by atoms with Crippen molar-refractivity contribution < 1.29 is 14.4 Å². The Hall–Kier alpha value is -1.44. The predicted octanol–water partition coefficient (Wildman–Crippen LogP) is 2.20. The Balaban J connectivity index is 0.00000225. The van der Waals surface area contributed by atoms with Gasteiger partial charge in [-0.2, -0.15) is 0 Å². The number of carbonyl (C=O) groups is 3. The molecule has 2 N–H and O–H groups in total. The summed E-state index contributed by atoms with van der Waals surface area (Å²) in [7, 11) is 0. The smallest absolute Gasteiger partial charge is 0.261 e. The number of fused-ring (bicyclic) bond motifs is 1. The van der Waals surface area contributed by atoms with E-state index < -0.39 is 0 Å². The largest absolute Gasteiger partial charge is 0.338 e. The van der Waals surface area contributed by atoms with E-state index in [4.69, 9.17) is 5.73 Å². The van der Waals surface area contributed by atoms with Gasteiger partial charge in [-0.25, -0.2) is 0 Å². The lowest BCUT2D eigenvalue weighted by Crippen LogP contribution is -2.40. The minimum Gasteiger partial charge on any atom is -0.338 e. The zero-order valence-electron chi connectivity index (χ0n) is 13.7. The minimum atomic E-state index is -0.287. The van der Waals surface area contributed by atoms with Crippen LogP contribution >= 0.6 is 28.3 Å². The molecule has 0 spiro atoms. The van der Waals surface area contributed by atoms with Gasteiger partial charge in [-0.15, -0.1) is 12.4 Å². The first-order valence-corrected chi connectivity index (χ1v) is 8.97. The van der Waals surface area contributed by atoms with E-state index >= 15 is 0 Å². The number of imide groups is 1. The third-order valence-corrected chi connectivity index (χ3v) is 5.17. The van der Waals surface area contributed by atoms with E-state index in [1.807, 2.05) is 4.90 Å². The molecule has 2 aliphatic rings. The molecule has 1 fully saturated rings. The zero-order chi connectivity index (χ0) is 17.3. The Morgan fingerprint density at radius 3 is 2.68 bits per heavy atom. The topological polar surface area (TPSA) is 83.7 Å². The van der Waals surface area contributed by atoms with E-state index in [-0.39, 0.29) is 42.7 Å². The average Bonchev–Trinajstić information content (AvgIpc) is 3.13. The highest BCUT2D eigenvalue weighted by Crippen LogP contribution is 2.26. The molecule has 3 amide bonds. The first-order chi connectivity index (χ1) is 11.5. The monoisotopic (exact) mass is 429 g/mol. The van der Waals surface area contributed by atoms with Crippen molar-refractivity contribution in [2.45, 2.75) is 31.7 Å². The van der Waals surface area contributed by atoms with Gasteiger partial charge >= 0.3 is 0 Å². The molecular weight excluding hydrogens is 410 g/mol. The van der Waals surface area contributed by atoms with E-state index in [1.54, 1.807) is 18.2 Å². The van der Waals surface area contributed by atoms with Crippen LogP contribution in [-0.4, -0.2) is 53.2 Å². The third-order valence-electron chi connectivity index (χ3n) is 4.67. The molecule has 2 aliphatic heterocycles. The van der Waals surface area contributed by atoms with Crippen molar-refractivity contribution in [3.63, 3.8) is 0 Å². The quantitative estimate of drug-likeness (QED) is 0.726. The van der Waals surface area contributed by atoms with Crippen molar-refractivity contribution in [1.29, 1.82) is 0 Å². The number of hydrogen-bond acceptors (Lipinski definition) is 4. The van der Waals surface area contributed by atoms with Gasteiger partial charge in [0.05, 0.1) is 11.1 Å². The first kappa shape index (κ1) is 19.9. The minimum absolute atomic E-state index is 0. The number of likely N-dealkylation sites (tertiary alicyclic amines) is 1. The van der Waals surface area contributed by atoms with Crippen LogP contribution in [0, 0.1) is 0 Å². The van der Waals surface area contributed by atoms with Gasteiger partial charge in [-0.3, -0.25) is 19.3 Å². The summed E-state index contributed by atoms with van der Waals surface area (Å²) in [6, 6.07) is 5.20. The van der Waals surface area contributed by atoms with E-state index in [0.29, 0.717) is 30.5 Å². The number of benzene rings is 1. The van der Waals surface area contributed by atoms with Crippen LogP contribution in [0.1, 0.15) is 46.4 Å². The highest BCUT2D eigenvalue weighted by molar-refractivity contribution is 9.10. The maximum Gasteiger partial charge on any atom is 0.261 e. The van der Waals surface area contributed by atoms with Gasteiger partial charge in [0.15, 0.2) is 0 Å². The molecule has 6 nitrogen and oxygen atoms in total. The molecule has 0 bridgehead atoms. The molecule has 1 atom stereocenters. The molecule has 25 heavy (non-hydrogen) atoms. The van der Waals surface area contributed by atoms with E-state index in [9.17, 15) is 14.4 Å². The van der Waals surface area contributed by atoms with Gasteiger partial charge < -0.3 is 10.6 Å². The molecule has 1 aromatic carbocycles. The molecule has 2 heterocycles. The van der Waals surface area contributed by atoms with Crippen LogP contribution in [0.25, 0.3) is 0 Å². The maximum absolute atomic E-state index is 12.4. The van der Waals surface area contributed by atoms with Gasteiger partial charge in [-0.1, -0.05) is 15.9 Å². The fourth-order valence-electron chi connectivity index (χ4n) is 3.41. The van der Waals surface area contributed by atoms with Crippen LogP contribution in [0.15, 0.2) is 22.7 Å². The molecule has 1 unspecified atom stereocenters. The van der Waals surface area contributed by atoms with E-state index in [2.05, 4.69) is 15.9 Å². The summed E-state index contributed by atoms with van der Waals surface area (Å²) < 4.78 is 0.765. The van der Waals surface area contributed by atoms with Gasteiger partial charge in [0, 0.05) is 36.6 Å². The molecule has 3 rings (SSSR count). The van der Waals surface area contributed by atoms with Crippen molar-refractivity contribution in [3.05, 3.63) is 33.8 Å². The predicted molar refractivity (Wildman–Crippen MR) is 99.8 cm³/mol. The van der Waals surface area contributed by atoms with Crippen LogP contribution < -0.4 is 5.73 Å². The molecular formula is C17H21BrClN3O3. The Bertz CT molecular complexity index is 698. The van der Waals surface area contributed by atoms with Crippen LogP contribution in [0.4, 0.5) is 0 Å². The van der Waals surface area contributed by atoms with Crippen LogP contribution in [0.3, 0.4) is 0 Å². The molecule has 1 aromatic rings. The van der Waals surface area contributed by atoms with Crippen LogP contribution in [0.2, 0.25) is 0 Å². The van der Waals surface area contributed by atoms with E-state index in [1.165, 1.54) is 4.90 Å². The highest BCUT2D eigenvalue weighted by Gasteiger charge is 2.35. The van der Waals surface area contributed by atoms with Crippen molar-refractivity contribution in [1.82, 2.24) is 9.80 Å². The van der Waals surface area contributed by atoms with Crippen molar-refractivity contribution >= 4 is 46.1 Å². The summed E-state index contributed by atoms with van der Waals surface area (Å²) in [4.78, 5) is 40.0. The maximum atomic E-state index is 12.4. The van der Waals surface area contributed by atoms with Crippen LogP contribution in [-0.2, 0) is 4.79 Å².